The van der Waals surface area contributed by atoms with Gasteiger partial charge in [-0.25, -0.2) is 0 Å². The van der Waals surface area contributed by atoms with E-state index in [4.69, 9.17) is 9.47 Å². The van der Waals surface area contributed by atoms with Crippen LogP contribution < -0.4 is 14.8 Å². The largest absolute Gasteiger partial charge is 0.454 e. The molecule has 1 saturated carbocycles. The van der Waals surface area contributed by atoms with Gasteiger partial charge in [0, 0.05) is 36.6 Å². The smallest absolute Gasteiger partial charge is 0.231 e. The number of hydrogen-bond donors (Lipinski definition) is 1. The summed E-state index contributed by atoms with van der Waals surface area (Å²) in [6.45, 7) is 3.39. The van der Waals surface area contributed by atoms with Gasteiger partial charge in [0.2, 0.25) is 6.79 Å². The number of benzene rings is 1. The van der Waals surface area contributed by atoms with Crippen LogP contribution in [0.3, 0.4) is 0 Å². The van der Waals surface area contributed by atoms with E-state index in [1.54, 1.807) is 12.4 Å². The highest BCUT2D eigenvalue weighted by Gasteiger charge is 2.44. The van der Waals surface area contributed by atoms with Gasteiger partial charge in [-0.05, 0) is 37.5 Å². The first-order valence-corrected chi connectivity index (χ1v) is 7.66. The molecule has 1 fully saturated rings. The lowest BCUT2D eigenvalue weighted by Crippen LogP contribution is -2.29. The predicted octanol–water partition coefficient (Wildman–Crippen LogP) is 2.59. The first-order chi connectivity index (χ1) is 10.8. The van der Waals surface area contributed by atoms with Gasteiger partial charge in [0.15, 0.2) is 11.5 Å². The number of nitrogens with zero attached hydrogens (tertiary/aromatic N) is 2. The highest BCUT2D eigenvalue weighted by molar-refractivity contribution is 5.48. The molecule has 2 aliphatic rings. The maximum atomic E-state index is 5.50. The monoisotopic (exact) mass is 297 g/mol. The molecular weight excluding hydrogens is 278 g/mol. The summed E-state index contributed by atoms with van der Waals surface area (Å²) >= 11 is 0. The standard InChI is InChI=1S/C17H19N3O2/c1-12(14-9-18-6-7-19-14)20-10-17(4-5-17)13-2-3-15-16(8-13)22-11-21-15/h2-3,6-9,12,20H,4-5,10-11H2,1H3/t12-/m0/s1. The number of fused-ring (bicyclic) bond motifs is 1. The predicted molar refractivity (Wildman–Crippen MR) is 81.9 cm³/mol. The molecule has 2 aromatic rings. The van der Waals surface area contributed by atoms with Gasteiger partial charge in [-0.3, -0.25) is 9.97 Å². The second kappa shape index (κ2) is 5.25. The Kier molecular flexibility index (Phi) is 3.22. The lowest BCUT2D eigenvalue weighted by molar-refractivity contribution is 0.174. The molecule has 5 nitrogen and oxygen atoms in total. The van der Waals surface area contributed by atoms with Gasteiger partial charge in [0.25, 0.3) is 0 Å². The highest BCUT2D eigenvalue weighted by Crippen LogP contribution is 2.50. The zero-order valence-electron chi connectivity index (χ0n) is 12.6. The summed E-state index contributed by atoms with van der Waals surface area (Å²) in [5.41, 5.74) is 2.52. The maximum Gasteiger partial charge on any atom is 0.231 e. The SMILES string of the molecule is C[C@H](NCC1(c2ccc3c(c2)OCO3)CC1)c1cnccn1. The fourth-order valence-corrected chi connectivity index (χ4v) is 2.93. The Morgan fingerprint density at radius 3 is 2.86 bits per heavy atom. The van der Waals surface area contributed by atoms with Crippen molar-refractivity contribution in [2.45, 2.75) is 31.2 Å². The molecule has 1 aliphatic heterocycles. The minimum absolute atomic E-state index is 0.195. The summed E-state index contributed by atoms with van der Waals surface area (Å²) in [4.78, 5) is 8.49. The Bertz CT molecular complexity index is 671. The van der Waals surface area contributed by atoms with Crippen molar-refractivity contribution in [1.82, 2.24) is 15.3 Å². The molecule has 0 radical (unpaired) electrons. The third kappa shape index (κ3) is 2.41. The molecule has 0 unspecified atom stereocenters. The number of aromatic nitrogens is 2. The van der Waals surface area contributed by atoms with Crippen molar-refractivity contribution in [2.75, 3.05) is 13.3 Å². The van der Waals surface area contributed by atoms with Gasteiger partial charge in [-0.2, -0.15) is 0 Å². The maximum absolute atomic E-state index is 5.50. The molecule has 1 aromatic carbocycles. The Labute approximate surface area is 129 Å². The van der Waals surface area contributed by atoms with Crippen LogP contribution in [0.15, 0.2) is 36.8 Å². The lowest BCUT2D eigenvalue weighted by Gasteiger charge is -2.20. The minimum Gasteiger partial charge on any atom is -0.454 e. The topological polar surface area (TPSA) is 56.3 Å². The van der Waals surface area contributed by atoms with Gasteiger partial charge in [0.05, 0.1) is 5.69 Å². The Morgan fingerprint density at radius 1 is 1.23 bits per heavy atom. The first-order valence-electron chi connectivity index (χ1n) is 7.66. The molecule has 22 heavy (non-hydrogen) atoms. The quantitative estimate of drug-likeness (QED) is 0.919. The molecule has 2 heterocycles. The molecule has 0 spiro atoms. The average molecular weight is 297 g/mol. The molecule has 1 aromatic heterocycles. The van der Waals surface area contributed by atoms with Gasteiger partial charge >= 0.3 is 0 Å². The van der Waals surface area contributed by atoms with E-state index in [0.29, 0.717) is 6.79 Å². The molecule has 0 bridgehead atoms. The number of ether oxygens (including phenoxy) is 2. The van der Waals surface area contributed by atoms with E-state index in [1.165, 1.54) is 18.4 Å². The number of hydrogen-bond acceptors (Lipinski definition) is 5. The zero-order valence-corrected chi connectivity index (χ0v) is 12.6. The first kappa shape index (κ1) is 13.5. The van der Waals surface area contributed by atoms with Crippen LogP contribution in [0.2, 0.25) is 0 Å². The van der Waals surface area contributed by atoms with E-state index in [1.807, 2.05) is 12.3 Å². The molecule has 0 amide bonds. The average Bonchev–Trinajstić information content (AvgIpc) is 3.22. The van der Waals surface area contributed by atoms with Crippen molar-refractivity contribution in [3.8, 4) is 11.5 Å². The van der Waals surface area contributed by atoms with E-state index in [9.17, 15) is 0 Å². The van der Waals surface area contributed by atoms with Crippen molar-refractivity contribution in [1.29, 1.82) is 0 Å². The van der Waals surface area contributed by atoms with E-state index in [2.05, 4.69) is 34.3 Å². The van der Waals surface area contributed by atoms with Crippen LogP contribution in [0.25, 0.3) is 0 Å². The number of rotatable bonds is 5. The fourth-order valence-electron chi connectivity index (χ4n) is 2.93. The summed E-state index contributed by atoms with van der Waals surface area (Å²) < 4.78 is 10.9. The Balaban J connectivity index is 1.46. The minimum atomic E-state index is 0.195. The van der Waals surface area contributed by atoms with E-state index in [-0.39, 0.29) is 11.5 Å². The second-order valence-corrected chi connectivity index (χ2v) is 6.08. The number of nitrogens with one attached hydrogen (secondary N) is 1. The second-order valence-electron chi connectivity index (χ2n) is 6.08. The van der Waals surface area contributed by atoms with Crippen LogP contribution in [0.4, 0.5) is 0 Å². The van der Waals surface area contributed by atoms with Crippen LogP contribution in [-0.4, -0.2) is 23.3 Å². The fraction of sp³-hybridized carbons (Fsp3) is 0.412. The summed E-state index contributed by atoms with van der Waals surface area (Å²) in [5, 5.41) is 3.59. The lowest BCUT2D eigenvalue weighted by atomic mass is 9.95. The van der Waals surface area contributed by atoms with Crippen molar-refractivity contribution < 1.29 is 9.47 Å². The molecule has 5 heteroatoms. The van der Waals surface area contributed by atoms with Crippen LogP contribution >= 0.6 is 0 Å². The molecule has 1 aliphatic carbocycles. The van der Waals surface area contributed by atoms with Crippen LogP contribution in [0.1, 0.15) is 37.1 Å². The molecule has 1 atom stereocenters. The van der Waals surface area contributed by atoms with E-state index in [0.717, 1.165) is 23.7 Å². The molecule has 4 rings (SSSR count). The summed E-state index contributed by atoms with van der Waals surface area (Å²) in [6, 6.07) is 6.50. The van der Waals surface area contributed by atoms with Crippen molar-refractivity contribution >= 4 is 0 Å². The molecule has 1 N–H and O–H groups in total. The molecule has 0 saturated heterocycles. The normalized spacial score (nSPS) is 19.0. The van der Waals surface area contributed by atoms with Gasteiger partial charge < -0.3 is 14.8 Å². The van der Waals surface area contributed by atoms with Crippen LogP contribution in [0, 0.1) is 0 Å². The zero-order chi connectivity index (χ0) is 15.0. The highest BCUT2D eigenvalue weighted by atomic mass is 16.7. The van der Waals surface area contributed by atoms with E-state index < -0.39 is 0 Å². The Hall–Kier alpha value is -2.14. The summed E-state index contributed by atoms with van der Waals surface area (Å²) in [5.74, 6) is 1.71. The Morgan fingerprint density at radius 2 is 2.09 bits per heavy atom. The van der Waals surface area contributed by atoms with Gasteiger partial charge in [-0.15, -0.1) is 0 Å². The van der Waals surface area contributed by atoms with Crippen LogP contribution in [0.5, 0.6) is 11.5 Å². The van der Waals surface area contributed by atoms with Gasteiger partial charge in [-0.1, -0.05) is 6.07 Å². The van der Waals surface area contributed by atoms with Crippen molar-refractivity contribution in [3.63, 3.8) is 0 Å². The van der Waals surface area contributed by atoms with E-state index >= 15 is 0 Å². The third-order valence-corrected chi connectivity index (χ3v) is 4.61. The van der Waals surface area contributed by atoms with Crippen molar-refractivity contribution in [2.24, 2.45) is 0 Å². The van der Waals surface area contributed by atoms with Crippen molar-refractivity contribution in [3.05, 3.63) is 48.0 Å². The third-order valence-electron chi connectivity index (χ3n) is 4.61. The summed E-state index contributed by atoms with van der Waals surface area (Å²) in [7, 11) is 0. The summed E-state index contributed by atoms with van der Waals surface area (Å²) in [6.07, 6.45) is 7.65. The molecule has 114 valence electrons. The molecular formula is C17H19N3O2. The van der Waals surface area contributed by atoms with Gasteiger partial charge in [0.1, 0.15) is 0 Å². The van der Waals surface area contributed by atoms with Crippen LogP contribution in [-0.2, 0) is 5.41 Å².